The minimum Gasteiger partial charge on any atom is -0.491 e. The molecule has 170 valence electrons. The Morgan fingerprint density at radius 2 is 2.12 bits per heavy atom. The molecule has 1 aromatic heterocycles. The van der Waals surface area contributed by atoms with Gasteiger partial charge in [0.05, 0.1) is 11.6 Å². The van der Waals surface area contributed by atoms with Crippen LogP contribution in [0, 0.1) is 5.82 Å². The zero-order valence-corrected chi connectivity index (χ0v) is 18.7. The van der Waals surface area contributed by atoms with Crippen LogP contribution in [0.2, 0.25) is 0 Å². The van der Waals surface area contributed by atoms with E-state index in [-0.39, 0.29) is 24.1 Å². The van der Waals surface area contributed by atoms with Crippen molar-refractivity contribution in [3.63, 3.8) is 0 Å². The highest BCUT2D eigenvalue weighted by atomic mass is 19.1. The summed E-state index contributed by atoms with van der Waals surface area (Å²) < 4.78 is 27.3. The maximum atomic E-state index is 13.8. The molecule has 1 aliphatic rings. The molecule has 1 saturated heterocycles. The van der Waals surface area contributed by atoms with Gasteiger partial charge < -0.3 is 20.1 Å². The van der Waals surface area contributed by atoms with Crippen molar-refractivity contribution in [1.29, 1.82) is 0 Å². The number of benzene rings is 2. The molecule has 1 atom stereocenters. The molecule has 2 aromatic carbocycles. The molecule has 0 aliphatic carbocycles. The Labute approximate surface area is 186 Å². The van der Waals surface area contributed by atoms with Crippen LogP contribution in [0.4, 0.5) is 10.1 Å². The highest BCUT2D eigenvalue weighted by Gasteiger charge is 2.23. The second-order valence-corrected chi connectivity index (χ2v) is 8.20. The normalized spacial score (nSPS) is 16.3. The van der Waals surface area contributed by atoms with Gasteiger partial charge in [-0.05, 0) is 69.5 Å². The summed E-state index contributed by atoms with van der Waals surface area (Å²) in [5, 5.41) is 11.3. The Kier molecular flexibility index (Phi) is 6.60. The van der Waals surface area contributed by atoms with Gasteiger partial charge in [0, 0.05) is 36.8 Å². The molecule has 2 N–H and O–H groups in total. The van der Waals surface area contributed by atoms with E-state index in [1.54, 1.807) is 13.1 Å². The van der Waals surface area contributed by atoms with E-state index in [0.717, 1.165) is 41.4 Å². The van der Waals surface area contributed by atoms with E-state index in [4.69, 9.17) is 9.47 Å². The predicted octanol–water partition coefficient (Wildman–Crippen LogP) is 4.63. The minimum atomic E-state index is -0.316. The maximum absolute atomic E-state index is 13.8. The minimum absolute atomic E-state index is 0.0153. The molecule has 1 aliphatic heterocycles. The van der Waals surface area contributed by atoms with Gasteiger partial charge in [-0.3, -0.25) is 4.79 Å². The molecule has 8 heteroatoms. The number of ether oxygens (including phenoxy) is 2. The number of amides is 1. The lowest BCUT2D eigenvalue weighted by Gasteiger charge is -2.23. The number of nitrogens with one attached hydrogen (secondary N) is 2. The first kappa shape index (κ1) is 22.1. The number of carbonyl (C=O) groups is 1. The van der Waals surface area contributed by atoms with Crippen LogP contribution in [-0.2, 0) is 11.3 Å². The van der Waals surface area contributed by atoms with Crippen LogP contribution in [0.15, 0.2) is 36.4 Å². The van der Waals surface area contributed by atoms with Crippen molar-refractivity contribution in [2.24, 2.45) is 0 Å². The van der Waals surface area contributed by atoms with E-state index in [1.807, 2.05) is 36.7 Å². The van der Waals surface area contributed by atoms with Gasteiger partial charge >= 0.3 is 0 Å². The molecule has 0 radical (unpaired) electrons. The topological polar surface area (TPSA) is 77.4 Å². The second kappa shape index (κ2) is 9.56. The summed E-state index contributed by atoms with van der Waals surface area (Å²) in [7, 11) is 1.59. The van der Waals surface area contributed by atoms with Crippen LogP contribution in [-0.4, -0.2) is 35.4 Å². The maximum Gasteiger partial charge on any atom is 0.272 e. The number of carbonyl (C=O) groups excluding carboxylic acids is 1. The SMILES string of the molecule is CNC(=O)c1nn(C2CCCCO2)c2ccc(NCc3cc(F)ccc3OC(C)C)cc12. The molecule has 1 amide bonds. The Hall–Kier alpha value is -3.13. The quantitative estimate of drug-likeness (QED) is 0.560. The lowest BCUT2D eigenvalue weighted by molar-refractivity contribution is -0.0368. The Balaban J connectivity index is 1.63. The number of hydrogen-bond acceptors (Lipinski definition) is 5. The molecule has 3 aromatic rings. The van der Waals surface area contributed by atoms with Crippen molar-refractivity contribution in [3.8, 4) is 5.75 Å². The fourth-order valence-corrected chi connectivity index (χ4v) is 3.93. The van der Waals surface area contributed by atoms with Gasteiger partial charge in [0.25, 0.3) is 5.91 Å². The Bertz CT molecular complexity index is 1110. The smallest absolute Gasteiger partial charge is 0.272 e. The molecular weight excluding hydrogens is 411 g/mol. The van der Waals surface area contributed by atoms with E-state index in [2.05, 4.69) is 15.7 Å². The first-order valence-corrected chi connectivity index (χ1v) is 11.0. The molecule has 32 heavy (non-hydrogen) atoms. The summed E-state index contributed by atoms with van der Waals surface area (Å²) in [6.07, 6.45) is 2.77. The number of anilines is 1. The van der Waals surface area contributed by atoms with Gasteiger partial charge in [-0.25, -0.2) is 9.07 Å². The summed E-state index contributed by atoms with van der Waals surface area (Å²) in [6, 6.07) is 10.3. The van der Waals surface area contributed by atoms with E-state index in [9.17, 15) is 9.18 Å². The Morgan fingerprint density at radius 1 is 1.28 bits per heavy atom. The van der Waals surface area contributed by atoms with Crippen molar-refractivity contribution >= 4 is 22.5 Å². The Morgan fingerprint density at radius 3 is 2.84 bits per heavy atom. The molecule has 2 heterocycles. The summed E-state index contributed by atoms with van der Waals surface area (Å²) >= 11 is 0. The largest absolute Gasteiger partial charge is 0.491 e. The van der Waals surface area contributed by atoms with Crippen LogP contribution in [0.5, 0.6) is 5.75 Å². The molecule has 7 nitrogen and oxygen atoms in total. The zero-order chi connectivity index (χ0) is 22.7. The molecular formula is C24H29FN4O3. The summed E-state index contributed by atoms with van der Waals surface area (Å²) in [6.45, 7) is 4.93. The van der Waals surface area contributed by atoms with Crippen LogP contribution in [0.25, 0.3) is 10.9 Å². The van der Waals surface area contributed by atoms with Crippen LogP contribution in [0.1, 0.15) is 55.4 Å². The first-order valence-electron chi connectivity index (χ1n) is 11.0. The first-order chi connectivity index (χ1) is 15.5. The van der Waals surface area contributed by atoms with Crippen molar-refractivity contribution in [3.05, 3.63) is 53.5 Å². The molecule has 0 spiro atoms. The van der Waals surface area contributed by atoms with Crippen molar-refractivity contribution in [2.45, 2.75) is 52.0 Å². The van der Waals surface area contributed by atoms with Crippen molar-refractivity contribution in [2.75, 3.05) is 19.0 Å². The molecule has 4 rings (SSSR count). The fourth-order valence-electron chi connectivity index (χ4n) is 3.93. The molecule has 1 fully saturated rings. The number of fused-ring (bicyclic) bond motifs is 1. The monoisotopic (exact) mass is 440 g/mol. The zero-order valence-electron chi connectivity index (χ0n) is 18.7. The number of hydrogen-bond donors (Lipinski definition) is 2. The second-order valence-electron chi connectivity index (χ2n) is 8.20. The number of aromatic nitrogens is 2. The van der Waals surface area contributed by atoms with E-state index >= 15 is 0 Å². The van der Waals surface area contributed by atoms with Crippen LogP contribution < -0.4 is 15.4 Å². The summed E-state index contributed by atoms with van der Waals surface area (Å²) in [4.78, 5) is 12.5. The lowest BCUT2D eigenvalue weighted by Crippen LogP contribution is -2.21. The van der Waals surface area contributed by atoms with Gasteiger partial charge in [0.15, 0.2) is 11.9 Å². The van der Waals surface area contributed by atoms with E-state index < -0.39 is 0 Å². The standard InChI is InChI=1S/C24H29FN4O3/c1-15(2)32-21-10-7-17(25)12-16(21)14-27-18-8-9-20-19(13-18)23(24(30)26-3)28-29(20)22-6-4-5-11-31-22/h7-10,12-13,15,22,27H,4-6,11,14H2,1-3H3,(H,26,30). The van der Waals surface area contributed by atoms with Gasteiger partial charge in [-0.2, -0.15) is 5.10 Å². The third kappa shape index (κ3) is 4.70. The molecule has 1 unspecified atom stereocenters. The number of rotatable bonds is 7. The lowest BCUT2D eigenvalue weighted by atomic mass is 10.1. The van der Waals surface area contributed by atoms with Crippen LogP contribution in [0.3, 0.4) is 0 Å². The van der Waals surface area contributed by atoms with E-state index in [1.165, 1.54) is 12.1 Å². The van der Waals surface area contributed by atoms with Crippen molar-refractivity contribution in [1.82, 2.24) is 15.1 Å². The number of nitrogens with zero attached hydrogens (tertiary/aromatic N) is 2. The van der Waals surface area contributed by atoms with Gasteiger partial charge in [0.1, 0.15) is 11.6 Å². The third-order valence-electron chi connectivity index (χ3n) is 5.44. The van der Waals surface area contributed by atoms with Gasteiger partial charge in [-0.15, -0.1) is 0 Å². The van der Waals surface area contributed by atoms with Crippen LogP contribution >= 0.6 is 0 Å². The average Bonchev–Trinajstić information content (AvgIpc) is 3.18. The van der Waals surface area contributed by atoms with E-state index in [0.29, 0.717) is 24.6 Å². The summed E-state index contributed by atoms with van der Waals surface area (Å²) in [5.74, 6) is 0.0757. The third-order valence-corrected chi connectivity index (χ3v) is 5.44. The average molecular weight is 441 g/mol. The fraction of sp³-hybridized carbons (Fsp3) is 0.417. The molecule has 0 saturated carbocycles. The highest BCUT2D eigenvalue weighted by molar-refractivity contribution is 6.05. The summed E-state index contributed by atoms with van der Waals surface area (Å²) in [5.41, 5.74) is 2.72. The van der Waals surface area contributed by atoms with Gasteiger partial charge in [-0.1, -0.05) is 0 Å². The number of halogens is 1. The van der Waals surface area contributed by atoms with Crippen molar-refractivity contribution < 1.29 is 18.7 Å². The predicted molar refractivity (Wildman–Crippen MR) is 121 cm³/mol. The molecule has 0 bridgehead atoms. The van der Waals surface area contributed by atoms with Gasteiger partial charge in [0.2, 0.25) is 0 Å². The highest BCUT2D eigenvalue weighted by Crippen LogP contribution is 2.30.